The van der Waals surface area contributed by atoms with Crippen molar-refractivity contribution in [2.75, 3.05) is 11.1 Å². The van der Waals surface area contributed by atoms with Gasteiger partial charge in [0.05, 0.1) is 11.1 Å². The van der Waals surface area contributed by atoms with Crippen LogP contribution in [-0.4, -0.2) is 31.2 Å². The van der Waals surface area contributed by atoms with Crippen LogP contribution in [0.25, 0.3) is 10.2 Å². The number of nitrogens with zero attached hydrogens (tertiary/aromatic N) is 3. The molecule has 0 fully saturated rings. The topological polar surface area (TPSA) is 92.7 Å². The summed E-state index contributed by atoms with van der Waals surface area (Å²) in [5.41, 5.74) is 1.94. The fourth-order valence-electron chi connectivity index (χ4n) is 3.83. The second-order valence-electron chi connectivity index (χ2n) is 7.85. The first-order valence-electron chi connectivity index (χ1n) is 10.7. The fourth-order valence-corrected chi connectivity index (χ4v) is 6.72. The standard InChI is InChI=1S/C23H23N5O2S3/c1-28-11-10-24-23(28)32-15-7-5-14(6-8-15)25-19(29)9-12-31-13-18-26-21(30)20-16-3-2-4-17(16)33-22(20)27-18/h5-8,10-11H,2-4,9,12-13H2,1H3,(H,25,29)(H,26,27,30). The van der Waals surface area contributed by atoms with Crippen molar-refractivity contribution in [2.24, 2.45) is 7.05 Å². The first-order valence-corrected chi connectivity index (χ1v) is 13.5. The van der Waals surface area contributed by atoms with Crippen LogP contribution in [-0.2, 0) is 30.4 Å². The molecule has 0 atom stereocenters. The van der Waals surface area contributed by atoms with Crippen LogP contribution in [0.5, 0.6) is 0 Å². The zero-order chi connectivity index (χ0) is 22.8. The largest absolute Gasteiger partial charge is 0.329 e. The zero-order valence-corrected chi connectivity index (χ0v) is 20.5. The van der Waals surface area contributed by atoms with Crippen molar-refractivity contribution in [2.45, 2.75) is 41.5 Å². The third kappa shape index (κ3) is 5.02. The summed E-state index contributed by atoms with van der Waals surface area (Å²) in [6.07, 6.45) is 7.25. The number of H-pyrrole nitrogens is 1. The lowest BCUT2D eigenvalue weighted by atomic mass is 10.2. The van der Waals surface area contributed by atoms with E-state index in [1.54, 1.807) is 41.1 Å². The Bertz CT molecular complexity index is 1360. The molecular weight excluding hydrogens is 474 g/mol. The lowest BCUT2D eigenvalue weighted by molar-refractivity contribution is -0.115. The van der Waals surface area contributed by atoms with Crippen LogP contribution < -0.4 is 10.9 Å². The molecule has 0 unspecified atom stereocenters. The molecule has 7 nitrogen and oxygen atoms in total. The molecule has 3 aromatic heterocycles. The molecule has 33 heavy (non-hydrogen) atoms. The average Bonchev–Trinajstić information content (AvgIpc) is 3.49. The van der Waals surface area contributed by atoms with E-state index in [1.165, 1.54) is 10.4 Å². The van der Waals surface area contributed by atoms with Crippen molar-refractivity contribution >= 4 is 56.7 Å². The molecule has 0 bridgehead atoms. The highest BCUT2D eigenvalue weighted by Crippen LogP contribution is 2.34. The van der Waals surface area contributed by atoms with Crippen LogP contribution in [0, 0.1) is 0 Å². The van der Waals surface area contributed by atoms with Crippen molar-refractivity contribution in [1.82, 2.24) is 19.5 Å². The molecule has 1 aromatic carbocycles. The molecule has 0 saturated carbocycles. The Morgan fingerprint density at radius 2 is 2.12 bits per heavy atom. The lowest BCUT2D eigenvalue weighted by Crippen LogP contribution is -2.13. The monoisotopic (exact) mass is 497 g/mol. The Morgan fingerprint density at radius 3 is 2.91 bits per heavy atom. The maximum atomic E-state index is 12.5. The van der Waals surface area contributed by atoms with E-state index in [2.05, 4.69) is 20.3 Å². The van der Waals surface area contributed by atoms with Crippen molar-refractivity contribution in [3.63, 3.8) is 0 Å². The minimum absolute atomic E-state index is 0.0291. The Balaban J connectivity index is 1.09. The number of hydrogen-bond donors (Lipinski definition) is 2. The van der Waals surface area contributed by atoms with Crippen LogP contribution in [0.1, 0.15) is 29.1 Å². The molecule has 0 spiro atoms. The number of imidazole rings is 1. The predicted octanol–water partition coefficient (Wildman–Crippen LogP) is 4.62. The molecule has 1 aliphatic carbocycles. The van der Waals surface area contributed by atoms with Gasteiger partial charge in [-0.1, -0.05) is 11.8 Å². The first-order chi connectivity index (χ1) is 16.1. The maximum Gasteiger partial charge on any atom is 0.259 e. The number of amides is 1. The molecule has 2 N–H and O–H groups in total. The summed E-state index contributed by atoms with van der Waals surface area (Å²) in [5, 5.41) is 4.64. The van der Waals surface area contributed by atoms with Crippen molar-refractivity contribution in [3.05, 3.63) is 63.3 Å². The third-order valence-corrected chi connectivity index (χ3v) is 8.70. The molecule has 4 aromatic rings. The van der Waals surface area contributed by atoms with Crippen molar-refractivity contribution in [3.8, 4) is 0 Å². The van der Waals surface area contributed by atoms with Crippen molar-refractivity contribution in [1.29, 1.82) is 0 Å². The fraction of sp³-hybridized carbons (Fsp3) is 0.304. The van der Waals surface area contributed by atoms with Gasteiger partial charge in [0.1, 0.15) is 10.7 Å². The summed E-state index contributed by atoms with van der Waals surface area (Å²) >= 11 is 4.83. The van der Waals surface area contributed by atoms with Gasteiger partial charge in [-0.15, -0.1) is 11.3 Å². The number of thioether (sulfide) groups is 1. The number of aromatic nitrogens is 4. The number of fused-ring (bicyclic) bond motifs is 3. The van der Waals surface area contributed by atoms with E-state index in [9.17, 15) is 9.59 Å². The van der Waals surface area contributed by atoms with E-state index in [0.717, 1.165) is 45.2 Å². The first kappa shape index (κ1) is 22.2. The molecule has 3 heterocycles. The second kappa shape index (κ2) is 9.74. The molecule has 170 valence electrons. The summed E-state index contributed by atoms with van der Waals surface area (Å²) in [6, 6.07) is 7.75. The normalized spacial score (nSPS) is 12.9. The Hall–Kier alpha value is -2.56. The highest BCUT2D eigenvalue weighted by atomic mass is 32.2. The second-order valence-corrected chi connectivity index (χ2v) is 11.1. The minimum atomic E-state index is -0.0303. The highest BCUT2D eigenvalue weighted by molar-refractivity contribution is 7.99. The van der Waals surface area contributed by atoms with E-state index in [4.69, 9.17) is 0 Å². The van der Waals surface area contributed by atoms with Gasteiger partial charge in [0, 0.05) is 47.1 Å². The van der Waals surface area contributed by atoms with Gasteiger partial charge in [-0.2, -0.15) is 11.8 Å². The lowest BCUT2D eigenvalue weighted by Gasteiger charge is -2.07. The molecular formula is C23H23N5O2S3. The predicted molar refractivity (Wildman–Crippen MR) is 135 cm³/mol. The number of aryl methyl sites for hydroxylation is 3. The van der Waals surface area contributed by atoms with Gasteiger partial charge in [0.15, 0.2) is 5.16 Å². The number of anilines is 1. The van der Waals surface area contributed by atoms with Gasteiger partial charge < -0.3 is 14.9 Å². The summed E-state index contributed by atoms with van der Waals surface area (Å²) in [7, 11) is 1.96. The summed E-state index contributed by atoms with van der Waals surface area (Å²) in [5.74, 6) is 1.89. The maximum absolute atomic E-state index is 12.5. The van der Waals surface area contributed by atoms with Crippen LogP contribution in [0.15, 0.2) is 51.5 Å². The quantitative estimate of drug-likeness (QED) is 0.345. The number of aromatic amines is 1. The molecule has 10 heteroatoms. The smallest absolute Gasteiger partial charge is 0.259 e. The number of rotatable bonds is 8. The van der Waals surface area contributed by atoms with Gasteiger partial charge >= 0.3 is 0 Å². The number of nitrogens with one attached hydrogen (secondary N) is 2. The van der Waals surface area contributed by atoms with Gasteiger partial charge in [-0.3, -0.25) is 9.59 Å². The summed E-state index contributed by atoms with van der Waals surface area (Å²) in [6.45, 7) is 0. The molecule has 0 radical (unpaired) electrons. The Kier molecular flexibility index (Phi) is 6.57. The number of carbonyl (C=O) groups is 1. The highest BCUT2D eigenvalue weighted by Gasteiger charge is 2.21. The van der Waals surface area contributed by atoms with Crippen LogP contribution in [0.3, 0.4) is 0 Å². The average molecular weight is 498 g/mol. The molecule has 5 rings (SSSR count). The summed E-state index contributed by atoms with van der Waals surface area (Å²) in [4.78, 5) is 39.9. The van der Waals surface area contributed by atoms with E-state index in [1.807, 2.05) is 42.1 Å². The van der Waals surface area contributed by atoms with E-state index < -0.39 is 0 Å². The van der Waals surface area contributed by atoms with Gasteiger partial charge in [-0.25, -0.2) is 9.97 Å². The van der Waals surface area contributed by atoms with E-state index >= 15 is 0 Å². The number of carbonyl (C=O) groups excluding carboxylic acids is 1. The number of benzene rings is 1. The molecule has 0 saturated heterocycles. The van der Waals surface area contributed by atoms with Crippen LogP contribution in [0.2, 0.25) is 0 Å². The van der Waals surface area contributed by atoms with Gasteiger partial charge in [0.2, 0.25) is 5.91 Å². The van der Waals surface area contributed by atoms with E-state index in [0.29, 0.717) is 23.8 Å². The Morgan fingerprint density at radius 1 is 1.27 bits per heavy atom. The van der Waals surface area contributed by atoms with Crippen LogP contribution in [0.4, 0.5) is 5.69 Å². The third-order valence-electron chi connectivity index (χ3n) is 5.46. The zero-order valence-electron chi connectivity index (χ0n) is 18.1. The number of hydrogen-bond acceptors (Lipinski definition) is 7. The van der Waals surface area contributed by atoms with E-state index in [-0.39, 0.29) is 11.5 Å². The van der Waals surface area contributed by atoms with Crippen LogP contribution >= 0.6 is 34.9 Å². The number of thiophene rings is 1. The molecule has 1 aliphatic rings. The molecule has 0 aliphatic heterocycles. The minimum Gasteiger partial charge on any atom is -0.329 e. The van der Waals surface area contributed by atoms with Gasteiger partial charge in [-0.05, 0) is 49.1 Å². The SMILES string of the molecule is Cn1ccnc1Sc1ccc(NC(=O)CCSCc2nc3sc4c(c3c(=O)[nH]2)CCC4)cc1. The van der Waals surface area contributed by atoms with Gasteiger partial charge in [0.25, 0.3) is 5.56 Å². The van der Waals surface area contributed by atoms with Crippen molar-refractivity contribution < 1.29 is 4.79 Å². The molecule has 1 amide bonds. The Labute approximate surface area is 203 Å². The summed E-state index contributed by atoms with van der Waals surface area (Å²) < 4.78 is 1.97.